The van der Waals surface area contributed by atoms with Crippen molar-refractivity contribution >= 4 is 16.9 Å². The van der Waals surface area contributed by atoms with Gasteiger partial charge in [0.15, 0.2) is 23.0 Å². The fourth-order valence-corrected chi connectivity index (χ4v) is 4.06. The van der Waals surface area contributed by atoms with Crippen LogP contribution in [0.2, 0.25) is 0 Å². The third-order valence-corrected chi connectivity index (χ3v) is 5.95. The number of aliphatic hydroxyl groups excluding tert-OH is 4. The van der Waals surface area contributed by atoms with E-state index in [1.807, 2.05) is 0 Å². The molecule has 0 radical (unpaired) electrons. The Morgan fingerprint density at radius 3 is 2.38 bits per heavy atom. The minimum absolute atomic E-state index is 0.0277. The van der Waals surface area contributed by atoms with Crippen LogP contribution in [-0.2, 0) is 16.0 Å². The Balaban J connectivity index is 1.78. The van der Waals surface area contributed by atoms with Crippen LogP contribution in [0.5, 0.6) is 23.0 Å². The van der Waals surface area contributed by atoms with E-state index < -0.39 is 64.7 Å². The van der Waals surface area contributed by atoms with Crippen molar-refractivity contribution < 1.29 is 59.5 Å². The maximum atomic E-state index is 12.8. The van der Waals surface area contributed by atoms with Crippen LogP contribution in [0.15, 0.2) is 39.5 Å². The molecule has 0 amide bonds. The Kier molecular flexibility index (Phi) is 7.25. The minimum atomic E-state index is -1.98. The molecule has 1 aromatic heterocycles. The largest absolute Gasteiger partial charge is 0.508 e. The van der Waals surface area contributed by atoms with Gasteiger partial charge in [0.05, 0.1) is 0 Å². The molecule has 0 aliphatic carbocycles. The van der Waals surface area contributed by atoms with Gasteiger partial charge in [-0.25, -0.2) is 4.79 Å². The predicted molar refractivity (Wildman–Crippen MR) is 123 cm³/mol. The van der Waals surface area contributed by atoms with Crippen molar-refractivity contribution in [2.45, 2.75) is 43.5 Å². The summed E-state index contributed by atoms with van der Waals surface area (Å²) in [6.45, 7) is -0.117. The number of phenolic OH excluding ortho intramolecular Hbond substituents is 3. The summed E-state index contributed by atoms with van der Waals surface area (Å²) in [4.78, 5) is 24.2. The van der Waals surface area contributed by atoms with Gasteiger partial charge < -0.3 is 54.7 Å². The molecule has 1 aliphatic rings. The van der Waals surface area contributed by atoms with Gasteiger partial charge in [-0.05, 0) is 36.6 Å². The summed E-state index contributed by atoms with van der Waals surface area (Å²) in [5.41, 5.74) is -0.0420. The molecule has 1 aliphatic heterocycles. The number of aliphatic hydroxyl groups is 4. The van der Waals surface area contributed by atoms with Crippen molar-refractivity contribution in [2.24, 2.45) is 0 Å². The molecule has 2 heterocycles. The number of carboxylic acids is 1. The quantitative estimate of drug-likeness (QED) is 0.189. The standard InChI is InChI=1S/C24H24O13/c25-5-1-2-9-6-10(26)3-4-11(9)13-7-12(27)16-14(35-13)8-15(17(28)18(16)29)36-24-21(32)19(30)20(31)22(37-24)23(33)34/h3-4,6-8,19-22,24-26,28-32H,1-2,5H2,(H,33,34). The van der Waals surface area contributed by atoms with E-state index >= 15 is 0 Å². The topological polar surface area (TPSA) is 228 Å². The maximum Gasteiger partial charge on any atom is 0.335 e. The molecule has 8 N–H and O–H groups in total. The maximum absolute atomic E-state index is 12.8. The lowest BCUT2D eigenvalue weighted by molar-refractivity contribution is -0.271. The molecule has 5 atom stereocenters. The van der Waals surface area contributed by atoms with Crippen LogP contribution in [0.25, 0.3) is 22.3 Å². The summed E-state index contributed by atoms with van der Waals surface area (Å²) >= 11 is 0. The zero-order chi connectivity index (χ0) is 27.0. The van der Waals surface area contributed by atoms with E-state index in [2.05, 4.69) is 0 Å². The highest BCUT2D eigenvalue weighted by Crippen LogP contribution is 2.43. The zero-order valence-corrected chi connectivity index (χ0v) is 19.0. The molecule has 13 nitrogen and oxygen atoms in total. The van der Waals surface area contributed by atoms with Crippen LogP contribution in [0.3, 0.4) is 0 Å². The number of hydrogen-bond acceptors (Lipinski definition) is 12. The Morgan fingerprint density at radius 1 is 0.973 bits per heavy atom. The number of aromatic hydroxyl groups is 3. The third kappa shape index (κ3) is 4.90. The Labute approximate surface area is 207 Å². The molecular weight excluding hydrogens is 496 g/mol. The molecule has 5 unspecified atom stereocenters. The normalized spacial score (nSPS) is 23.7. The van der Waals surface area contributed by atoms with Crippen LogP contribution in [0.4, 0.5) is 0 Å². The lowest BCUT2D eigenvalue weighted by atomic mass is 9.99. The van der Waals surface area contributed by atoms with Crippen molar-refractivity contribution in [2.75, 3.05) is 6.61 Å². The summed E-state index contributed by atoms with van der Waals surface area (Å²) in [5.74, 6) is -4.15. The monoisotopic (exact) mass is 520 g/mol. The van der Waals surface area contributed by atoms with Crippen molar-refractivity contribution in [3.8, 4) is 34.3 Å². The average molecular weight is 520 g/mol. The first-order valence-corrected chi connectivity index (χ1v) is 11.1. The number of ether oxygens (including phenoxy) is 2. The van der Waals surface area contributed by atoms with E-state index in [1.165, 1.54) is 18.2 Å². The second-order valence-electron chi connectivity index (χ2n) is 8.44. The van der Waals surface area contributed by atoms with Gasteiger partial charge in [0.25, 0.3) is 0 Å². The second-order valence-corrected chi connectivity index (χ2v) is 8.44. The summed E-state index contributed by atoms with van der Waals surface area (Å²) in [6, 6.07) is 6.37. The van der Waals surface area contributed by atoms with Crippen molar-refractivity contribution in [3.05, 3.63) is 46.1 Å². The van der Waals surface area contributed by atoms with Crippen LogP contribution < -0.4 is 10.2 Å². The van der Waals surface area contributed by atoms with Gasteiger partial charge in [0, 0.05) is 24.3 Å². The average Bonchev–Trinajstić information content (AvgIpc) is 2.85. The summed E-state index contributed by atoms with van der Waals surface area (Å²) < 4.78 is 16.1. The molecule has 3 aromatic rings. The van der Waals surface area contributed by atoms with Gasteiger partial charge in [-0.2, -0.15) is 0 Å². The number of hydrogen-bond donors (Lipinski definition) is 8. The van der Waals surface area contributed by atoms with Crippen LogP contribution >= 0.6 is 0 Å². The third-order valence-electron chi connectivity index (χ3n) is 5.95. The predicted octanol–water partition coefficient (Wildman–Crippen LogP) is -0.227. The Hall–Kier alpha value is -3.88. The van der Waals surface area contributed by atoms with Crippen molar-refractivity contribution in [1.29, 1.82) is 0 Å². The second kappa shape index (κ2) is 10.2. The number of fused-ring (bicyclic) bond motifs is 1. The van der Waals surface area contributed by atoms with Gasteiger partial charge in [-0.15, -0.1) is 0 Å². The van der Waals surface area contributed by atoms with E-state index in [-0.39, 0.29) is 23.7 Å². The molecule has 1 fully saturated rings. The number of phenols is 3. The number of carboxylic acid groups (broad SMARTS) is 1. The number of carbonyl (C=O) groups is 1. The minimum Gasteiger partial charge on any atom is -0.508 e. The highest BCUT2D eigenvalue weighted by atomic mass is 16.7. The van der Waals surface area contributed by atoms with Crippen LogP contribution in [0, 0.1) is 0 Å². The summed E-state index contributed by atoms with van der Waals surface area (Å²) in [5, 5.41) is 78.7. The first-order chi connectivity index (χ1) is 17.5. The van der Waals surface area contributed by atoms with Gasteiger partial charge in [-0.3, -0.25) is 4.79 Å². The van der Waals surface area contributed by atoms with E-state index in [9.17, 15) is 50.4 Å². The number of aliphatic carboxylic acids is 1. The Bertz CT molecular complexity index is 1380. The van der Waals surface area contributed by atoms with Gasteiger partial charge in [-0.1, -0.05) is 0 Å². The smallest absolute Gasteiger partial charge is 0.335 e. The highest BCUT2D eigenvalue weighted by Gasteiger charge is 2.48. The number of rotatable bonds is 7. The molecule has 1 saturated heterocycles. The van der Waals surface area contributed by atoms with E-state index in [4.69, 9.17) is 13.9 Å². The highest BCUT2D eigenvalue weighted by molar-refractivity contribution is 5.89. The van der Waals surface area contributed by atoms with Crippen LogP contribution in [0.1, 0.15) is 12.0 Å². The fraction of sp³-hybridized carbons (Fsp3) is 0.333. The number of benzene rings is 2. The molecule has 198 valence electrons. The van der Waals surface area contributed by atoms with Gasteiger partial charge in [0.2, 0.25) is 12.0 Å². The van der Waals surface area contributed by atoms with Gasteiger partial charge in [0.1, 0.15) is 40.8 Å². The lowest BCUT2D eigenvalue weighted by Gasteiger charge is -2.38. The molecule has 0 spiro atoms. The molecule has 0 saturated carbocycles. The zero-order valence-electron chi connectivity index (χ0n) is 19.0. The molecular formula is C24H24O13. The molecule has 2 aromatic carbocycles. The van der Waals surface area contributed by atoms with E-state index in [0.29, 0.717) is 24.0 Å². The van der Waals surface area contributed by atoms with Gasteiger partial charge >= 0.3 is 5.97 Å². The molecule has 37 heavy (non-hydrogen) atoms. The van der Waals surface area contributed by atoms with E-state index in [0.717, 1.165) is 12.1 Å². The molecule has 13 heteroatoms. The van der Waals surface area contributed by atoms with Crippen molar-refractivity contribution in [3.63, 3.8) is 0 Å². The first kappa shape index (κ1) is 26.2. The lowest BCUT2D eigenvalue weighted by Crippen LogP contribution is -2.61. The molecule has 0 bridgehead atoms. The molecule has 4 rings (SSSR count). The first-order valence-electron chi connectivity index (χ1n) is 11.1. The summed E-state index contributed by atoms with van der Waals surface area (Å²) in [6.07, 6.45) is -9.08. The number of aryl methyl sites for hydroxylation is 1. The Morgan fingerprint density at radius 2 is 1.70 bits per heavy atom. The van der Waals surface area contributed by atoms with E-state index in [1.54, 1.807) is 0 Å². The summed E-state index contributed by atoms with van der Waals surface area (Å²) in [7, 11) is 0. The SMILES string of the molecule is O=C(O)C1OC(Oc2cc3oc(-c4ccc(O)cc4CCCO)cc(=O)c3c(O)c2O)C(O)C(O)C1O. The fourth-order valence-electron chi connectivity index (χ4n) is 4.06. The van der Waals surface area contributed by atoms with Crippen LogP contribution in [-0.4, -0.2) is 84.1 Å². The van der Waals surface area contributed by atoms with Crippen molar-refractivity contribution in [1.82, 2.24) is 0 Å².